The summed E-state index contributed by atoms with van der Waals surface area (Å²) in [7, 11) is 1.51. The Kier molecular flexibility index (Phi) is 7.52. The predicted molar refractivity (Wildman–Crippen MR) is 108 cm³/mol. The van der Waals surface area contributed by atoms with Gasteiger partial charge in [0.1, 0.15) is 17.7 Å². The van der Waals surface area contributed by atoms with Crippen molar-refractivity contribution in [3.63, 3.8) is 0 Å². The van der Waals surface area contributed by atoms with Crippen LogP contribution in [0.1, 0.15) is 32.0 Å². The van der Waals surface area contributed by atoms with Gasteiger partial charge < -0.3 is 19.9 Å². The van der Waals surface area contributed by atoms with E-state index in [0.717, 1.165) is 5.56 Å². The summed E-state index contributed by atoms with van der Waals surface area (Å²) in [5.41, 5.74) is 0.807. The summed E-state index contributed by atoms with van der Waals surface area (Å²) in [6, 6.07) is 7.58. The highest BCUT2D eigenvalue weighted by atomic mass is 16.6. The molecule has 0 fully saturated rings. The second-order valence-electron chi connectivity index (χ2n) is 7.74. The first-order valence-corrected chi connectivity index (χ1v) is 9.35. The number of hydrogen-bond acceptors (Lipinski definition) is 5. The summed E-state index contributed by atoms with van der Waals surface area (Å²) in [4.78, 5) is 45.1. The smallest absolute Gasteiger partial charge is 0.408 e. The average molecular weight is 399 g/mol. The third-order valence-corrected chi connectivity index (χ3v) is 4.18. The van der Waals surface area contributed by atoms with Crippen LogP contribution in [0, 0.1) is 0 Å². The molecule has 0 spiro atoms. The Morgan fingerprint density at radius 2 is 1.93 bits per heavy atom. The first-order chi connectivity index (χ1) is 13.7. The molecule has 8 nitrogen and oxygen atoms in total. The molecule has 1 aromatic carbocycles. The van der Waals surface area contributed by atoms with Gasteiger partial charge in [0.15, 0.2) is 0 Å². The lowest BCUT2D eigenvalue weighted by Gasteiger charge is -2.29. The first-order valence-electron chi connectivity index (χ1n) is 9.35. The van der Waals surface area contributed by atoms with Crippen LogP contribution in [0.25, 0.3) is 0 Å². The van der Waals surface area contributed by atoms with Gasteiger partial charge in [0, 0.05) is 26.1 Å². The van der Waals surface area contributed by atoms with Crippen LogP contribution in [-0.4, -0.2) is 57.9 Å². The average Bonchev–Trinajstić information content (AvgIpc) is 3.17. The molecule has 0 saturated heterocycles. The lowest BCUT2D eigenvalue weighted by atomic mass is 10.0. The maximum absolute atomic E-state index is 13.1. The molecule has 29 heavy (non-hydrogen) atoms. The number of nitrogens with one attached hydrogen (secondary N) is 2. The lowest BCUT2D eigenvalue weighted by Crippen LogP contribution is -2.53. The Morgan fingerprint density at radius 3 is 2.48 bits per heavy atom. The monoisotopic (exact) mass is 399 g/mol. The van der Waals surface area contributed by atoms with E-state index in [4.69, 9.17) is 4.74 Å². The van der Waals surface area contributed by atoms with Crippen molar-refractivity contribution in [2.75, 3.05) is 7.05 Å². The van der Waals surface area contributed by atoms with Crippen LogP contribution in [0.3, 0.4) is 0 Å². The molecule has 1 radical (unpaired) electrons. The molecule has 2 unspecified atom stereocenters. The van der Waals surface area contributed by atoms with Crippen LogP contribution in [0.5, 0.6) is 0 Å². The van der Waals surface area contributed by atoms with Gasteiger partial charge in [0.05, 0.1) is 12.0 Å². The SMILES string of the molecule is CN(C(=O)C(Cc1ccccc1)NC(=O)OC(C)(C)C)C([C]=O)Cc1c[nH]cn1. The van der Waals surface area contributed by atoms with Gasteiger partial charge in [-0.3, -0.25) is 9.59 Å². The fourth-order valence-electron chi connectivity index (χ4n) is 2.76. The van der Waals surface area contributed by atoms with Crippen molar-refractivity contribution in [1.82, 2.24) is 20.2 Å². The summed E-state index contributed by atoms with van der Waals surface area (Å²) >= 11 is 0. The number of H-pyrrole nitrogens is 1. The number of aromatic nitrogens is 2. The predicted octanol–water partition coefficient (Wildman–Crippen LogP) is 2.02. The number of aromatic amines is 1. The van der Waals surface area contributed by atoms with E-state index in [9.17, 15) is 14.4 Å². The Morgan fingerprint density at radius 1 is 1.24 bits per heavy atom. The minimum absolute atomic E-state index is 0.222. The number of carbonyl (C=O) groups excluding carboxylic acids is 3. The normalized spacial score (nSPS) is 13.2. The molecule has 8 heteroatoms. The van der Waals surface area contributed by atoms with Crippen molar-refractivity contribution < 1.29 is 19.1 Å². The number of nitrogens with zero attached hydrogens (tertiary/aromatic N) is 2. The molecule has 0 aliphatic carbocycles. The summed E-state index contributed by atoms with van der Waals surface area (Å²) in [5, 5.41) is 2.64. The van der Waals surface area contributed by atoms with E-state index in [-0.39, 0.29) is 12.8 Å². The van der Waals surface area contributed by atoms with E-state index in [2.05, 4.69) is 15.3 Å². The molecule has 0 aliphatic heterocycles. The van der Waals surface area contributed by atoms with E-state index in [1.807, 2.05) is 36.6 Å². The molecule has 2 rings (SSSR count). The fraction of sp³-hybridized carbons (Fsp3) is 0.429. The second-order valence-corrected chi connectivity index (χ2v) is 7.74. The van der Waals surface area contributed by atoms with Crippen LogP contribution in [-0.2, 0) is 27.2 Å². The molecule has 0 saturated carbocycles. The Labute approximate surface area is 170 Å². The molecule has 0 bridgehead atoms. The largest absolute Gasteiger partial charge is 0.444 e. The molecular formula is C21H27N4O4. The zero-order chi connectivity index (χ0) is 21.4. The minimum Gasteiger partial charge on any atom is -0.444 e. The van der Waals surface area contributed by atoms with Crippen LogP contribution in [0.15, 0.2) is 42.9 Å². The number of benzene rings is 1. The molecule has 2 amide bonds. The summed E-state index contributed by atoms with van der Waals surface area (Å²) in [5.74, 6) is -0.413. The van der Waals surface area contributed by atoms with Crippen molar-refractivity contribution >= 4 is 18.3 Å². The van der Waals surface area contributed by atoms with E-state index < -0.39 is 29.7 Å². The zero-order valence-electron chi connectivity index (χ0n) is 17.1. The van der Waals surface area contributed by atoms with Gasteiger partial charge in [-0.2, -0.15) is 0 Å². The van der Waals surface area contributed by atoms with Gasteiger partial charge in [0.2, 0.25) is 12.2 Å². The number of ether oxygens (including phenoxy) is 1. The summed E-state index contributed by atoms with van der Waals surface area (Å²) in [6.45, 7) is 5.23. The van der Waals surface area contributed by atoms with Gasteiger partial charge in [-0.15, -0.1) is 0 Å². The van der Waals surface area contributed by atoms with E-state index in [1.54, 1.807) is 27.0 Å². The Balaban J connectivity index is 2.17. The molecular weight excluding hydrogens is 372 g/mol. The number of imidazole rings is 1. The zero-order valence-corrected chi connectivity index (χ0v) is 17.1. The van der Waals surface area contributed by atoms with E-state index in [1.165, 1.54) is 18.3 Å². The number of carbonyl (C=O) groups is 2. The summed E-state index contributed by atoms with van der Waals surface area (Å²) < 4.78 is 5.30. The van der Waals surface area contributed by atoms with Crippen LogP contribution in [0.4, 0.5) is 4.79 Å². The topological polar surface area (TPSA) is 104 Å². The van der Waals surface area contributed by atoms with Gasteiger partial charge in [-0.1, -0.05) is 30.3 Å². The number of amides is 2. The fourth-order valence-corrected chi connectivity index (χ4v) is 2.76. The molecule has 2 atom stereocenters. The molecule has 1 aromatic heterocycles. The summed E-state index contributed by atoms with van der Waals surface area (Å²) in [6.07, 6.45) is 4.83. The van der Waals surface area contributed by atoms with Gasteiger partial charge in [0.25, 0.3) is 0 Å². The van der Waals surface area contributed by atoms with Crippen molar-refractivity contribution in [1.29, 1.82) is 0 Å². The first kappa shape index (κ1) is 22.1. The molecule has 0 aliphatic rings. The number of likely N-dealkylation sites (N-methyl/N-ethyl adjacent to an activating group) is 1. The highest BCUT2D eigenvalue weighted by molar-refractivity contribution is 5.88. The van der Waals surface area contributed by atoms with Crippen molar-refractivity contribution in [3.05, 3.63) is 54.1 Å². The molecule has 2 aromatic rings. The van der Waals surface area contributed by atoms with Crippen LogP contribution < -0.4 is 5.32 Å². The highest BCUT2D eigenvalue weighted by Gasteiger charge is 2.30. The minimum atomic E-state index is -0.896. The third kappa shape index (κ3) is 7.06. The van der Waals surface area contributed by atoms with Crippen molar-refractivity contribution in [3.8, 4) is 0 Å². The molecule has 2 N–H and O–H groups in total. The van der Waals surface area contributed by atoms with Crippen molar-refractivity contribution in [2.24, 2.45) is 0 Å². The van der Waals surface area contributed by atoms with Gasteiger partial charge in [-0.25, -0.2) is 9.78 Å². The standard InChI is InChI=1S/C21H27N4O4/c1-21(2,3)29-20(28)24-18(10-15-8-6-5-7-9-15)19(27)25(4)17(13-26)11-16-12-22-14-23-16/h5-9,12,14,17-18H,10-11H2,1-4H3,(H,22,23)(H,24,28). The van der Waals surface area contributed by atoms with Gasteiger partial charge in [-0.05, 0) is 26.3 Å². The molecule has 1 heterocycles. The number of alkyl carbamates (subject to hydrolysis) is 1. The van der Waals surface area contributed by atoms with Crippen LogP contribution in [0.2, 0.25) is 0 Å². The second kappa shape index (κ2) is 9.86. The van der Waals surface area contributed by atoms with Crippen molar-refractivity contribution in [2.45, 2.75) is 51.3 Å². The Hall–Kier alpha value is -3.16. The van der Waals surface area contributed by atoms with Gasteiger partial charge >= 0.3 is 6.09 Å². The number of rotatable bonds is 8. The lowest BCUT2D eigenvalue weighted by molar-refractivity contribution is -0.133. The highest BCUT2D eigenvalue weighted by Crippen LogP contribution is 2.12. The maximum atomic E-state index is 13.1. The Bertz CT molecular complexity index is 800. The third-order valence-electron chi connectivity index (χ3n) is 4.18. The van der Waals surface area contributed by atoms with E-state index >= 15 is 0 Å². The molecule has 155 valence electrons. The quantitative estimate of drug-likeness (QED) is 0.707. The number of hydrogen-bond donors (Lipinski definition) is 2. The van der Waals surface area contributed by atoms with E-state index in [0.29, 0.717) is 5.69 Å². The maximum Gasteiger partial charge on any atom is 0.408 e. The van der Waals surface area contributed by atoms with Crippen LogP contribution >= 0.6 is 0 Å².